The average molecular weight is 769 g/mol. The molecule has 0 radical (unpaired) electrons. The van der Waals surface area contributed by atoms with E-state index < -0.39 is 0 Å². The fourth-order valence-corrected chi connectivity index (χ4v) is 8.73. The van der Waals surface area contributed by atoms with Crippen molar-refractivity contribution in [3.05, 3.63) is 254 Å². The molecule has 1 aliphatic carbocycles. The Morgan fingerprint density at radius 3 is 1.33 bits per heavy atom. The molecule has 0 amide bonds. The van der Waals surface area contributed by atoms with Gasteiger partial charge in [-0.3, -0.25) is 0 Å². The Bertz CT molecular complexity index is 2930. The molecule has 9 aromatic carbocycles. The fourth-order valence-electron chi connectivity index (χ4n) is 8.73. The maximum absolute atomic E-state index is 2.41. The fraction of sp³-hybridized carbons (Fsp3) is 0.0345. The van der Waals surface area contributed by atoms with E-state index in [1.807, 2.05) is 0 Å². The van der Waals surface area contributed by atoms with E-state index >= 15 is 0 Å². The van der Waals surface area contributed by atoms with Crippen LogP contribution in [-0.4, -0.2) is 0 Å². The van der Waals surface area contributed by atoms with Gasteiger partial charge in [0, 0.05) is 34.0 Å². The summed E-state index contributed by atoms with van der Waals surface area (Å²) in [5.41, 5.74) is 16.7. The van der Waals surface area contributed by atoms with Gasteiger partial charge in [-0.15, -0.1) is 0 Å². The smallest absolute Gasteiger partial charge is 0.0540 e. The Morgan fingerprint density at radius 2 is 0.750 bits per heavy atom. The zero-order chi connectivity index (χ0) is 40.1. The lowest BCUT2D eigenvalue weighted by molar-refractivity contribution is 1.02. The maximum atomic E-state index is 2.41. The molecule has 0 saturated carbocycles. The van der Waals surface area contributed by atoms with Crippen LogP contribution < -0.4 is 9.80 Å². The maximum Gasteiger partial charge on any atom is 0.0540 e. The van der Waals surface area contributed by atoms with Crippen LogP contribution in [0.1, 0.15) is 18.4 Å². The molecule has 10 rings (SSSR count). The van der Waals surface area contributed by atoms with Gasteiger partial charge in [0.05, 0.1) is 5.69 Å². The van der Waals surface area contributed by atoms with Gasteiger partial charge in [0.1, 0.15) is 0 Å². The van der Waals surface area contributed by atoms with Crippen LogP contribution in [0.15, 0.2) is 248 Å². The Hall–Kier alpha value is -7.68. The van der Waals surface area contributed by atoms with Crippen molar-refractivity contribution in [1.82, 2.24) is 0 Å². The molecular formula is C58H44N2. The Morgan fingerprint density at radius 1 is 0.317 bits per heavy atom. The summed E-state index contributed by atoms with van der Waals surface area (Å²) in [6.45, 7) is 0. The first kappa shape index (κ1) is 36.6. The van der Waals surface area contributed by atoms with E-state index in [0.29, 0.717) is 0 Å². The van der Waals surface area contributed by atoms with Crippen LogP contribution in [0.3, 0.4) is 0 Å². The van der Waals surface area contributed by atoms with E-state index in [-0.39, 0.29) is 0 Å². The summed E-state index contributed by atoms with van der Waals surface area (Å²) in [5, 5.41) is 2.47. The van der Waals surface area contributed by atoms with Crippen molar-refractivity contribution in [2.75, 3.05) is 9.80 Å². The van der Waals surface area contributed by atoms with Gasteiger partial charge in [-0.05, 0) is 123 Å². The minimum atomic E-state index is 1.00. The molecule has 60 heavy (non-hydrogen) atoms. The molecular weight excluding hydrogens is 725 g/mol. The third-order valence-electron chi connectivity index (χ3n) is 11.5. The number of benzene rings is 9. The molecule has 0 spiro atoms. The molecule has 0 aromatic heterocycles. The number of hydrogen-bond acceptors (Lipinski definition) is 2. The van der Waals surface area contributed by atoms with Gasteiger partial charge in [0.25, 0.3) is 0 Å². The summed E-state index contributed by atoms with van der Waals surface area (Å²) in [5.74, 6) is 0. The molecule has 2 nitrogen and oxygen atoms in total. The molecule has 1 aliphatic rings. The first-order valence-corrected chi connectivity index (χ1v) is 20.8. The average Bonchev–Trinajstić information content (AvgIpc) is 3.33. The SMILES string of the molecule is C1=CC(N(c2ccccc2)c2ccc(-c3cccc4cccc(-c5ccc(N(c6ccccc6)c6ccccc6-c6ccccc6)cc5)c34)cc2)=C(c2ccccc2)CC1. The predicted octanol–water partition coefficient (Wildman–Crippen LogP) is 16.2. The van der Waals surface area contributed by atoms with E-state index in [9.17, 15) is 0 Å². The van der Waals surface area contributed by atoms with E-state index in [1.165, 1.54) is 61.0 Å². The summed E-state index contributed by atoms with van der Waals surface area (Å²) in [6.07, 6.45) is 6.65. The van der Waals surface area contributed by atoms with Crippen molar-refractivity contribution in [3.63, 3.8) is 0 Å². The second-order valence-electron chi connectivity index (χ2n) is 15.2. The second-order valence-corrected chi connectivity index (χ2v) is 15.2. The second kappa shape index (κ2) is 16.7. The Kier molecular flexibility index (Phi) is 10.2. The summed E-state index contributed by atoms with van der Waals surface area (Å²) in [6, 6.07) is 83.1. The van der Waals surface area contributed by atoms with Gasteiger partial charge < -0.3 is 9.80 Å². The normalized spacial score (nSPS) is 12.4. The van der Waals surface area contributed by atoms with E-state index in [2.05, 4.69) is 252 Å². The lowest BCUT2D eigenvalue weighted by Gasteiger charge is -2.30. The highest BCUT2D eigenvalue weighted by Gasteiger charge is 2.21. The number of hydrogen-bond donors (Lipinski definition) is 0. The van der Waals surface area contributed by atoms with Crippen LogP contribution in [0.4, 0.5) is 28.4 Å². The van der Waals surface area contributed by atoms with Gasteiger partial charge in [-0.1, -0.05) is 182 Å². The first-order chi connectivity index (χ1) is 29.8. The minimum Gasteiger partial charge on any atom is -0.310 e. The van der Waals surface area contributed by atoms with Crippen molar-refractivity contribution in [3.8, 4) is 33.4 Å². The van der Waals surface area contributed by atoms with Gasteiger partial charge in [-0.25, -0.2) is 0 Å². The molecule has 2 heteroatoms. The highest BCUT2D eigenvalue weighted by atomic mass is 15.2. The first-order valence-electron chi connectivity index (χ1n) is 20.8. The van der Waals surface area contributed by atoms with Crippen molar-refractivity contribution in [2.24, 2.45) is 0 Å². The zero-order valence-electron chi connectivity index (χ0n) is 33.4. The minimum absolute atomic E-state index is 1.00. The van der Waals surface area contributed by atoms with Crippen LogP contribution in [0.5, 0.6) is 0 Å². The summed E-state index contributed by atoms with van der Waals surface area (Å²) in [7, 11) is 0. The standard InChI is InChI=1S/C58H44N2/c1-5-19-43(20-6-1)52-29-13-15-33-56(52)59(48-25-9-3-10-26-48)50-39-35-45(36-40-50)54-31-17-23-47-24-18-32-55(58(47)54)46-37-41-51(42-38-46)60(49-27-11-4-12-28-49)57-34-16-14-30-53(57)44-21-7-2-8-22-44/h1-13,15-29,31-42H,14,30H2. The lowest BCUT2D eigenvalue weighted by Crippen LogP contribution is -2.18. The largest absolute Gasteiger partial charge is 0.310 e. The van der Waals surface area contributed by atoms with Crippen LogP contribution >= 0.6 is 0 Å². The van der Waals surface area contributed by atoms with Crippen LogP contribution in [-0.2, 0) is 0 Å². The van der Waals surface area contributed by atoms with Crippen molar-refractivity contribution in [2.45, 2.75) is 12.8 Å². The van der Waals surface area contributed by atoms with E-state index in [4.69, 9.17) is 0 Å². The quantitative estimate of drug-likeness (QED) is 0.137. The van der Waals surface area contributed by atoms with Crippen LogP contribution in [0.2, 0.25) is 0 Å². The van der Waals surface area contributed by atoms with Gasteiger partial charge in [0.15, 0.2) is 0 Å². The number of allylic oxidation sites excluding steroid dienone is 3. The highest BCUT2D eigenvalue weighted by Crippen LogP contribution is 2.44. The number of rotatable bonds is 10. The van der Waals surface area contributed by atoms with Crippen molar-refractivity contribution >= 4 is 44.8 Å². The summed E-state index contributed by atoms with van der Waals surface area (Å²) >= 11 is 0. The summed E-state index contributed by atoms with van der Waals surface area (Å²) < 4.78 is 0. The molecule has 0 atom stereocenters. The Labute approximate surface area is 353 Å². The highest BCUT2D eigenvalue weighted by molar-refractivity contribution is 6.06. The number of nitrogens with zero attached hydrogens (tertiary/aromatic N) is 2. The molecule has 9 aromatic rings. The van der Waals surface area contributed by atoms with Crippen molar-refractivity contribution < 1.29 is 0 Å². The van der Waals surface area contributed by atoms with Gasteiger partial charge in [0.2, 0.25) is 0 Å². The molecule has 0 bridgehead atoms. The van der Waals surface area contributed by atoms with Crippen LogP contribution in [0, 0.1) is 0 Å². The third-order valence-corrected chi connectivity index (χ3v) is 11.5. The molecule has 0 saturated heterocycles. The van der Waals surface area contributed by atoms with Crippen molar-refractivity contribution in [1.29, 1.82) is 0 Å². The number of fused-ring (bicyclic) bond motifs is 1. The predicted molar refractivity (Wildman–Crippen MR) is 255 cm³/mol. The number of para-hydroxylation sites is 3. The zero-order valence-corrected chi connectivity index (χ0v) is 33.4. The molecule has 0 aliphatic heterocycles. The molecule has 286 valence electrons. The van der Waals surface area contributed by atoms with Gasteiger partial charge in [-0.2, -0.15) is 0 Å². The lowest BCUT2D eigenvalue weighted by atomic mass is 9.91. The molecule has 0 fully saturated rings. The summed E-state index contributed by atoms with van der Waals surface area (Å²) in [4.78, 5) is 4.78. The Balaban J connectivity index is 1.04. The molecule has 0 heterocycles. The number of anilines is 5. The molecule has 0 unspecified atom stereocenters. The monoisotopic (exact) mass is 768 g/mol. The van der Waals surface area contributed by atoms with E-state index in [0.717, 1.165) is 41.3 Å². The molecule has 0 N–H and O–H groups in total. The third kappa shape index (κ3) is 7.21. The topological polar surface area (TPSA) is 6.48 Å². The van der Waals surface area contributed by atoms with Crippen LogP contribution in [0.25, 0.3) is 49.7 Å². The van der Waals surface area contributed by atoms with Gasteiger partial charge >= 0.3 is 0 Å². The van der Waals surface area contributed by atoms with E-state index in [1.54, 1.807) is 0 Å².